The van der Waals surface area contributed by atoms with Crippen LogP contribution in [0.2, 0.25) is 0 Å². The van der Waals surface area contributed by atoms with Gasteiger partial charge >= 0.3 is 0 Å². The molecule has 94 valence electrons. The maximum Gasteiger partial charge on any atom is 0.292 e. The third-order valence-corrected chi connectivity index (χ3v) is 2.73. The Morgan fingerprint density at radius 3 is 2.65 bits per heavy atom. The SMILES string of the molecule is Cc1ccc(NCC(N)C(C)C)c([N+](=O)[O-])c1. The van der Waals surface area contributed by atoms with Crippen molar-refractivity contribution >= 4 is 11.4 Å². The first-order valence-corrected chi connectivity index (χ1v) is 5.66. The van der Waals surface area contributed by atoms with Crippen molar-refractivity contribution in [3.8, 4) is 0 Å². The van der Waals surface area contributed by atoms with Crippen LogP contribution in [0.25, 0.3) is 0 Å². The summed E-state index contributed by atoms with van der Waals surface area (Å²) in [6.07, 6.45) is 0. The highest BCUT2D eigenvalue weighted by atomic mass is 16.6. The number of benzene rings is 1. The number of nitrogens with zero attached hydrogens (tertiary/aromatic N) is 1. The van der Waals surface area contributed by atoms with E-state index in [0.717, 1.165) is 5.56 Å². The van der Waals surface area contributed by atoms with Crippen molar-refractivity contribution in [2.75, 3.05) is 11.9 Å². The Kier molecular flexibility index (Phi) is 4.45. The molecule has 5 nitrogen and oxygen atoms in total. The fourth-order valence-corrected chi connectivity index (χ4v) is 1.41. The highest BCUT2D eigenvalue weighted by Gasteiger charge is 2.15. The zero-order valence-corrected chi connectivity index (χ0v) is 10.4. The second-order valence-electron chi connectivity index (χ2n) is 4.57. The van der Waals surface area contributed by atoms with Gasteiger partial charge < -0.3 is 11.1 Å². The van der Waals surface area contributed by atoms with E-state index in [4.69, 9.17) is 5.73 Å². The normalized spacial score (nSPS) is 12.5. The molecule has 17 heavy (non-hydrogen) atoms. The van der Waals surface area contributed by atoms with Crippen molar-refractivity contribution in [2.24, 2.45) is 11.7 Å². The molecule has 0 spiro atoms. The third-order valence-electron chi connectivity index (χ3n) is 2.73. The molecule has 0 heterocycles. The number of aryl methyl sites for hydroxylation is 1. The first-order chi connectivity index (χ1) is 7.91. The molecule has 0 fully saturated rings. The van der Waals surface area contributed by atoms with Crippen molar-refractivity contribution in [2.45, 2.75) is 26.8 Å². The summed E-state index contributed by atoms with van der Waals surface area (Å²) in [5, 5.41) is 13.9. The number of nitrogens with two attached hydrogens (primary N) is 1. The van der Waals surface area contributed by atoms with E-state index in [1.54, 1.807) is 12.1 Å². The van der Waals surface area contributed by atoms with Gasteiger partial charge in [0.15, 0.2) is 0 Å². The van der Waals surface area contributed by atoms with Gasteiger partial charge in [0.2, 0.25) is 0 Å². The Balaban J connectivity index is 2.80. The molecule has 0 saturated carbocycles. The van der Waals surface area contributed by atoms with Gasteiger partial charge in [-0.25, -0.2) is 0 Å². The molecule has 0 bridgehead atoms. The topological polar surface area (TPSA) is 81.2 Å². The van der Waals surface area contributed by atoms with Crippen LogP contribution < -0.4 is 11.1 Å². The molecule has 0 aliphatic rings. The van der Waals surface area contributed by atoms with Crippen LogP contribution in [-0.2, 0) is 0 Å². The quantitative estimate of drug-likeness (QED) is 0.608. The van der Waals surface area contributed by atoms with E-state index in [-0.39, 0.29) is 16.7 Å². The largest absolute Gasteiger partial charge is 0.378 e. The van der Waals surface area contributed by atoms with Gasteiger partial charge in [0.25, 0.3) is 5.69 Å². The van der Waals surface area contributed by atoms with Gasteiger partial charge in [-0.05, 0) is 24.5 Å². The van der Waals surface area contributed by atoms with E-state index in [9.17, 15) is 10.1 Å². The van der Waals surface area contributed by atoms with Crippen molar-refractivity contribution in [1.82, 2.24) is 0 Å². The zero-order valence-electron chi connectivity index (χ0n) is 10.4. The van der Waals surface area contributed by atoms with Crippen LogP contribution in [0.15, 0.2) is 18.2 Å². The molecule has 5 heteroatoms. The standard InChI is InChI=1S/C12H19N3O2/c1-8(2)10(13)7-14-11-5-4-9(3)6-12(11)15(16)17/h4-6,8,10,14H,7,13H2,1-3H3. The molecule has 1 atom stereocenters. The van der Waals surface area contributed by atoms with Crippen LogP contribution in [-0.4, -0.2) is 17.5 Å². The zero-order chi connectivity index (χ0) is 13.0. The molecule has 1 unspecified atom stereocenters. The fraction of sp³-hybridized carbons (Fsp3) is 0.500. The molecule has 0 aliphatic heterocycles. The average Bonchev–Trinajstić information content (AvgIpc) is 2.26. The Morgan fingerprint density at radius 1 is 1.47 bits per heavy atom. The minimum absolute atomic E-state index is 0.0177. The lowest BCUT2D eigenvalue weighted by Gasteiger charge is -2.17. The summed E-state index contributed by atoms with van der Waals surface area (Å²) < 4.78 is 0. The lowest BCUT2D eigenvalue weighted by atomic mass is 10.1. The summed E-state index contributed by atoms with van der Waals surface area (Å²) in [6.45, 7) is 6.41. The fourth-order valence-electron chi connectivity index (χ4n) is 1.41. The molecular weight excluding hydrogens is 218 g/mol. The van der Waals surface area contributed by atoms with Crippen LogP contribution in [0.3, 0.4) is 0 Å². The Morgan fingerprint density at radius 2 is 2.12 bits per heavy atom. The summed E-state index contributed by atoms with van der Waals surface area (Å²) in [5.41, 5.74) is 7.38. The predicted octanol–water partition coefficient (Wildman–Crippen LogP) is 2.30. The van der Waals surface area contributed by atoms with E-state index < -0.39 is 0 Å². The second kappa shape index (κ2) is 5.63. The molecule has 1 rings (SSSR count). The molecule has 3 N–H and O–H groups in total. The average molecular weight is 237 g/mol. The van der Waals surface area contributed by atoms with Crippen molar-refractivity contribution in [3.63, 3.8) is 0 Å². The maximum atomic E-state index is 10.9. The third kappa shape index (κ3) is 3.71. The Bertz CT molecular complexity index is 405. The number of nitro groups is 1. The monoisotopic (exact) mass is 237 g/mol. The first-order valence-electron chi connectivity index (χ1n) is 5.66. The van der Waals surface area contributed by atoms with Crippen LogP contribution in [0.4, 0.5) is 11.4 Å². The minimum Gasteiger partial charge on any atom is -0.378 e. The van der Waals surface area contributed by atoms with Gasteiger partial charge in [0.1, 0.15) is 5.69 Å². The molecule has 0 aliphatic carbocycles. The molecule has 0 radical (unpaired) electrons. The van der Waals surface area contributed by atoms with Crippen LogP contribution in [0.1, 0.15) is 19.4 Å². The number of hydrogen-bond donors (Lipinski definition) is 2. The summed E-state index contributed by atoms with van der Waals surface area (Å²) in [6, 6.07) is 5.11. The van der Waals surface area contributed by atoms with Gasteiger partial charge in [-0.2, -0.15) is 0 Å². The van der Waals surface area contributed by atoms with Crippen LogP contribution >= 0.6 is 0 Å². The summed E-state index contributed by atoms with van der Waals surface area (Å²) in [5.74, 6) is 0.340. The van der Waals surface area contributed by atoms with E-state index >= 15 is 0 Å². The molecule has 1 aromatic rings. The number of nitro benzene ring substituents is 1. The van der Waals surface area contributed by atoms with Crippen molar-refractivity contribution in [3.05, 3.63) is 33.9 Å². The van der Waals surface area contributed by atoms with Gasteiger partial charge in [0, 0.05) is 18.7 Å². The Hall–Kier alpha value is -1.62. The van der Waals surface area contributed by atoms with Crippen LogP contribution in [0.5, 0.6) is 0 Å². The van der Waals surface area contributed by atoms with Gasteiger partial charge in [-0.3, -0.25) is 10.1 Å². The highest BCUT2D eigenvalue weighted by molar-refractivity contribution is 5.62. The van der Waals surface area contributed by atoms with Crippen LogP contribution in [0, 0.1) is 23.0 Å². The Labute approximate surface area is 101 Å². The van der Waals surface area contributed by atoms with Gasteiger partial charge in [-0.15, -0.1) is 0 Å². The van der Waals surface area contributed by atoms with E-state index in [0.29, 0.717) is 18.2 Å². The van der Waals surface area contributed by atoms with Crippen molar-refractivity contribution < 1.29 is 4.92 Å². The number of nitrogens with one attached hydrogen (secondary N) is 1. The molecule has 0 aromatic heterocycles. The van der Waals surface area contributed by atoms with E-state index in [2.05, 4.69) is 5.32 Å². The van der Waals surface area contributed by atoms with E-state index in [1.807, 2.05) is 26.8 Å². The van der Waals surface area contributed by atoms with Crippen molar-refractivity contribution in [1.29, 1.82) is 0 Å². The van der Waals surface area contributed by atoms with E-state index in [1.165, 1.54) is 0 Å². The maximum absolute atomic E-state index is 10.9. The lowest BCUT2D eigenvalue weighted by molar-refractivity contribution is -0.384. The lowest BCUT2D eigenvalue weighted by Crippen LogP contribution is -2.34. The molecule has 1 aromatic carbocycles. The smallest absolute Gasteiger partial charge is 0.292 e. The molecular formula is C12H19N3O2. The predicted molar refractivity (Wildman–Crippen MR) is 69.1 cm³/mol. The van der Waals surface area contributed by atoms with Gasteiger partial charge in [0.05, 0.1) is 4.92 Å². The highest BCUT2D eigenvalue weighted by Crippen LogP contribution is 2.25. The summed E-state index contributed by atoms with van der Waals surface area (Å²) in [7, 11) is 0. The molecule has 0 saturated heterocycles. The number of rotatable bonds is 5. The number of hydrogen-bond acceptors (Lipinski definition) is 4. The number of anilines is 1. The molecule has 0 amide bonds. The van der Waals surface area contributed by atoms with Gasteiger partial charge in [-0.1, -0.05) is 19.9 Å². The summed E-state index contributed by atoms with van der Waals surface area (Å²) in [4.78, 5) is 10.5. The summed E-state index contributed by atoms with van der Waals surface area (Å²) >= 11 is 0. The minimum atomic E-state index is -0.379. The second-order valence-corrected chi connectivity index (χ2v) is 4.57. The first kappa shape index (κ1) is 13.4.